The van der Waals surface area contributed by atoms with Crippen molar-refractivity contribution in [2.45, 2.75) is 25.0 Å². The van der Waals surface area contributed by atoms with Gasteiger partial charge in [0.2, 0.25) is 0 Å². The Morgan fingerprint density at radius 2 is 2.29 bits per heavy atom. The lowest BCUT2D eigenvalue weighted by atomic mass is 10.2. The first kappa shape index (κ1) is 11.7. The maximum atomic E-state index is 12.0. The third-order valence-electron chi connectivity index (χ3n) is 3.15. The molecule has 3 rings (SSSR count). The van der Waals surface area contributed by atoms with Gasteiger partial charge in [0.25, 0.3) is 5.56 Å². The summed E-state index contributed by atoms with van der Waals surface area (Å²) in [6.45, 7) is 4.08. The van der Waals surface area contributed by atoms with Crippen molar-refractivity contribution in [3.05, 3.63) is 20.8 Å². The summed E-state index contributed by atoms with van der Waals surface area (Å²) < 4.78 is 2.22. The van der Waals surface area contributed by atoms with Gasteiger partial charge in [0.15, 0.2) is 5.16 Å². The third kappa shape index (κ3) is 1.61. The molecular formula is C11H11BrN2OS2. The number of halogens is 1. The highest BCUT2D eigenvalue weighted by atomic mass is 79.9. The van der Waals surface area contributed by atoms with Crippen LogP contribution in [0.2, 0.25) is 0 Å². The van der Waals surface area contributed by atoms with Crippen LogP contribution in [0.3, 0.4) is 0 Å². The van der Waals surface area contributed by atoms with Gasteiger partial charge in [-0.05, 0) is 19.4 Å². The van der Waals surface area contributed by atoms with Crippen LogP contribution >= 0.6 is 39.0 Å². The zero-order valence-corrected chi connectivity index (χ0v) is 12.7. The summed E-state index contributed by atoms with van der Waals surface area (Å²) in [7, 11) is 0. The molecule has 0 bridgehead atoms. The standard InChI is InChI=1S/C11H11BrN2OS2/c1-5-6(2)17-10-8(5)9(15)13-11-14(10)7(3-12)4-16-11/h7H,3-4H2,1-2H3/t7-/m0/s1. The fourth-order valence-electron chi connectivity index (χ4n) is 2.10. The van der Waals surface area contributed by atoms with Crippen molar-refractivity contribution in [2.75, 3.05) is 11.1 Å². The molecule has 0 spiro atoms. The Kier molecular flexibility index (Phi) is 2.83. The molecule has 3 heterocycles. The van der Waals surface area contributed by atoms with Gasteiger partial charge in [0.1, 0.15) is 4.83 Å². The molecule has 1 atom stereocenters. The number of thiophene rings is 1. The minimum absolute atomic E-state index is 0.0733. The van der Waals surface area contributed by atoms with Gasteiger partial charge < -0.3 is 4.57 Å². The summed E-state index contributed by atoms with van der Waals surface area (Å²) in [6.07, 6.45) is 0. The van der Waals surface area contributed by atoms with Gasteiger partial charge >= 0.3 is 0 Å². The lowest BCUT2D eigenvalue weighted by Gasteiger charge is -2.11. The molecule has 0 radical (unpaired) electrons. The fraction of sp³-hybridized carbons (Fsp3) is 0.455. The minimum Gasteiger partial charge on any atom is -0.307 e. The van der Waals surface area contributed by atoms with E-state index in [0.717, 1.165) is 32.0 Å². The van der Waals surface area contributed by atoms with E-state index in [0.29, 0.717) is 6.04 Å². The number of rotatable bonds is 1. The number of thioether (sulfide) groups is 1. The van der Waals surface area contributed by atoms with Crippen LogP contribution < -0.4 is 5.56 Å². The molecule has 2 aromatic heterocycles. The van der Waals surface area contributed by atoms with E-state index in [2.05, 4.69) is 32.4 Å². The average Bonchev–Trinajstić information content (AvgIpc) is 2.82. The summed E-state index contributed by atoms with van der Waals surface area (Å²) in [4.78, 5) is 18.5. The number of fused-ring (bicyclic) bond motifs is 3. The topological polar surface area (TPSA) is 34.9 Å². The van der Waals surface area contributed by atoms with Gasteiger partial charge in [-0.25, -0.2) is 0 Å². The largest absolute Gasteiger partial charge is 0.307 e. The Labute approximate surface area is 115 Å². The summed E-state index contributed by atoms with van der Waals surface area (Å²) in [5, 5.41) is 2.58. The van der Waals surface area contributed by atoms with E-state index < -0.39 is 0 Å². The normalized spacial score (nSPS) is 18.9. The zero-order chi connectivity index (χ0) is 12.2. The summed E-state index contributed by atoms with van der Waals surface area (Å²) in [5.74, 6) is 0.993. The minimum atomic E-state index is -0.0733. The Morgan fingerprint density at radius 1 is 1.53 bits per heavy atom. The van der Waals surface area contributed by atoms with E-state index in [9.17, 15) is 4.79 Å². The van der Waals surface area contributed by atoms with Gasteiger partial charge in [-0.2, -0.15) is 4.98 Å². The predicted octanol–water partition coefficient (Wildman–Crippen LogP) is 3.12. The Morgan fingerprint density at radius 3 is 3.00 bits per heavy atom. The summed E-state index contributed by atoms with van der Waals surface area (Å²) >= 11 is 6.92. The van der Waals surface area contributed by atoms with Crippen LogP contribution in [-0.4, -0.2) is 20.6 Å². The van der Waals surface area contributed by atoms with Crippen molar-refractivity contribution >= 4 is 49.2 Å². The number of nitrogens with zero attached hydrogens (tertiary/aromatic N) is 2. The zero-order valence-electron chi connectivity index (χ0n) is 9.49. The summed E-state index contributed by atoms with van der Waals surface area (Å²) in [6, 6.07) is 0.406. The molecule has 2 aromatic rings. The van der Waals surface area contributed by atoms with Gasteiger partial charge in [0, 0.05) is 16.0 Å². The lowest BCUT2D eigenvalue weighted by Crippen LogP contribution is -2.16. The maximum absolute atomic E-state index is 12.0. The predicted molar refractivity (Wildman–Crippen MR) is 76.9 cm³/mol. The molecule has 0 aliphatic carbocycles. The quantitative estimate of drug-likeness (QED) is 0.595. The van der Waals surface area contributed by atoms with Crippen LogP contribution in [-0.2, 0) is 0 Å². The van der Waals surface area contributed by atoms with Crippen LogP contribution in [0.5, 0.6) is 0 Å². The molecule has 0 unspecified atom stereocenters. The van der Waals surface area contributed by atoms with Crippen LogP contribution in [0.1, 0.15) is 16.5 Å². The monoisotopic (exact) mass is 330 g/mol. The second kappa shape index (κ2) is 4.10. The smallest absolute Gasteiger partial charge is 0.282 e. The molecule has 0 saturated carbocycles. The van der Waals surface area contributed by atoms with Crippen molar-refractivity contribution in [1.29, 1.82) is 0 Å². The van der Waals surface area contributed by atoms with Crippen LogP contribution in [0.25, 0.3) is 10.2 Å². The number of aryl methyl sites for hydroxylation is 2. The highest BCUT2D eigenvalue weighted by molar-refractivity contribution is 9.09. The van der Waals surface area contributed by atoms with Crippen molar-refractivity contribution < 1.29 is 0 Å². The van der Waals surface area contributed by atoms with E-state index in [1.54, 1.807) is 23.1 Å². The van der Waals surface area contributed by atoms with E-state index in [-0.39, 0.29) is 5.56 Å². The van der Waals surface area contributed by atoms with Gasteiger partial charge in [-0.1, -0.05) is 27.7 Å². The molecule has 1 aliphatic rings. The van der Waals surface area contributed by atoms with E-state index in [1.807, 2.05) is 6.92 Å². The van der Waals surface area contributed by atoms with Crippen molar-refractivity contribution in [3.63, 3.8) is 0 Å². The molecule has 17 heavy (non-hydrogen) atoms. The van der Waals surface area contributed by atoms with E-state index in [1.165, 1.54) is 4.88 Å². The average molecular weight is 331 g/mol. The highest BCUT2D eigenvalue weighted by Crippen LogP contribution is 2.38. The second-order valence-corrected chi connectivity index (χ2v) is 6.99. The van der Waals surface area contributed by atoms with Crippen molar-refractivity contribution in [1.82, 2.24) is 9.55 Å². The first-order valence-electron chi connectivity index (χ1n) is 5.34. The molecule has 0 fully saturated rings. The molecule has 1 aliphatic heterocycles. The third-order valence-corrected chi connectivity index (χ3v) is 6.20. The van der Waals surface area contributed by atoms with E-state index >= 15 is 0 Å². The first-order valence-corrected chi connectivity index (χ1v) is 8.27. The Hall–Kier alpha value is -0.330. The van der Waals surface area contributed by atoms with Crippen LogP contribution in [0.15, 0.2) is 9.95 Å². The molecule has 6 heteroatoms. The van der Waals surface area contributed by atoms with Gasteiger partial charge in [0.05, 0.1) is 11.4 Å². The SMILES string of the molecule is Cc1sc2c(c1C)c(=O)nc1n2[C@@H](CBr)CS1. The summed E-state index contributed by atoms with van der Waals surface area (Å²) in [5.41, 5.74) is 1.01. The molecule has 0 aromatic carbocycles. The van der Waals surface area contributed by atoms with Crippen molar-refractivity contribution in [3.8, 4) is 0 Å². The molecule has 0 amide bonds. The second-order valence-electron chi connectivity index (χ2n) is 4.15. The van der Waals surface area contributed by atoms with Crippen LogP contribution in [0, 0.1) is 13.8 Å². The van der Waals surface area contributed by atoms with E-state index in [4.69, 9.17) is 0 Å². The molecule has 0 N–H and O–H groups in total. The molecular weight excluding hydrogens is 320 g/mol. The maximum Gasteiger partial charge on any atom is 0.282 e. The lowest BCUT2D eigenvalue weighted by molar-refractivity contribution is 0.598. The van der Waals surface area contributed by atoms with Gasteiger partial charge in [-0.3, -0.25) is 4.79 Å². The first-order chi connectivity index (χ1) is 8.13. The Balaban J connectivity index is 2.45. The van der Waals surface area contributed by atoms with Crippen LogP contribution in [0.4, 0.5) is 0 Å². The highest BCUT2D eigenvalue weighted by Gasteiger charge is 2.27. The molecule has 90 valence electrons. The fourth-order valence-corrected chi connectivity index (χ4v) is 5.33. The number of hydrogen-bond donors (Lipinski definition) is 0. The number of aromatic nitrogens is 2. The molecule has 0 saturated heterocycles. The Bertz CT molecular complexity index is 662. The molecule has 3 nitrogen and oxygen atoms in total. The van der Waals surface area contributed by atoms with Crippen molar-refractivity contribution in [2.24, 2.45) is 0 Å². The number of hydrogen-bond acceptors (Lipinski definition) is 4. The number of alkyl halides is 1. The van der Waals surface area contributed by atoms with Gasteiger partial charge in [-0.15, -0.1) is 11.3 Å².